The standard InChI is InChI=1S/C19H21ClN4/c1-13-5-7-16(20)15-6-8-17(23-19(13)15)21-10-9-14-12-24-11-3-2-4-18(24)22-14/h5-8,12H,2-4,9-11H2,1H3,(H,21,23). The number of benzene rings is 1. The van der Waals surface area contributed by atoms with E-state index in [4.69, 9.17) is 21.6 Å². The van der Waals surface area contributed by atoms with Crippen molar-refractivity contribution in [1.82, 2.24) is 14.5 Å². The second kappa shape index (κ2) is 6.44. The highest BCUT2D eigenvalue weighted by Crippen LogP contribution is 2.26. The van der Waals surface area contributed by atoms with E-state index in [9.17, 15) is 0 Å². The van der Waals surface area contributed by atoms with Crippen LogP contribution < -0.4 is 5.32 Å². The molecular formula is C19H21ClN4. The van der Waals surface area contributed by atoms with Crippen molar-refractivity contribution in [2.24, 2.45) is 0 Å². The van der Waals surface area contributed by atoms with Gasteiger partial charge in [0.2, 0.25) is 0 Å². The maximum Gasteiger partial charge on any atom is 0.126 e. The maximum atomic E-state index is 6.24. The molecule has 0 fully saturated rings. The van der Waals surface area contributed by atoms with Gasteiger partial charge in [0.1, 0.15) is 11.6 Å². The van der Waals surface area contributed by atoms with E-state index in [2.05, 4.69) is 23.0 Å². The molecule has 0 amide bonds. The van der Waals surface area contributed by atoms with Gasteiger partial charge in [-0.3, -0.25) is 0 Å². The Morgan fingerprint density at radius 2 is 2.08 bits per heavy atom. The lowest BCUT2D eigenvalue weighted by Crippen LogP contribution is -2.08. The van der Waals surface area contributed by atoms with E-state index in [-0.39, 0.29) is 0 Å². The number of pyridine rings is 1. The monoisotopic (exact) mass is 340 g/mol. The number of aromatic nitrogens is 3. The first-order valence-electron chi connectivity index (χ1n) is 8.55. The number of fused-ring (bicyclic) bond motifs is 2. The Labute approximate surface area is 146 Å². The summed E-state index contributed by atoms with van der Waals surface area (Å²) in [7, 11) is 0. The zero-order valence-electron chi connectivity index (χ0n) is 13.8. The minimum Gasteiger partial charge on any atom is -0.370 e. The number of hydrogen-bond acceptors (Lipinski definition) is 3. The first-order valence-corrected chi connectivity index (χ1v) is 8.93. The Kier molecular flexibility index (Phi) is 4.15. The van der Waals surface area contributed by atoms with Crippen LogP contribution in [0.5, 0.6) is 0 Å². The normalized spacial score (nSPS) is 13.9. The van der Waals surface area contributed by atoms with Crippen molar-refractivity contribution in [2.75, 3.05) is 11.9 Å². The lowest BCUT2D eigenvalue weighted by molar-refractivity contribution is 0.522. The molecule has 24 heavy (non-hydrogen) atoms. The quantitative estimate of drug-likeness (QED) is 0.766. The van der Waals surface area contributed by atoms with Crippen LogP contribution in [0.3, 0.4) is 0 Å². The third kappa shape index (κ3) is 2.98. The molecule has 1 aliphatic rings. The predicted octanol–water partition coefficient (Wildman–Crippen LogP) is 4.38. The molecule has 0 aliphatic carbocycles. The summed E-state index contributed by atoms with van der Waals surface area (Å²) in [6.07, 6.45) is 6.75. The fourth-order valence-corrected chi connectivity index (χ4v) is 3.54. The van der Waals surface area contributed by atoms with E-state index in [1.165, 1.54) is 24.4 Å². The van der Waals surface area contributed by atoms with Crippen LogP contribution in [0.4, 0.5) is 5.82 Å². The number of hydrogen-bond donors (Lipinski definition) is 1. The first kappa shape index (κ1) is 15.5. The summed E-state index contributed by atoms with van der Waals surface area (Å²) >= 11 is 6.24. The summed E-state index contributed by atoms with van der Waals surface area (Å²) in [5, 5.41) is 5.16. The number of imidazole rings is 1. The number of nitrogens with one attached hydrogen (secondary N) is 1. The van der Waals surface area contributed by atoms with Crippen LogP contribution in [0.25, 0.3) is 10.9 Å². The average Bonchev–Trinajstić information content (AvgIpc) is 3.01. The van der Waals surface area contributed by atoms with E-state index in [1.807, 2.05) is 24.3 Å². The second-order valence-electron chi connectivity index (χ2n) is 6.43. The molecular weight excluding hydrogens is 320 g/mol. The van der Waals surface area contributed by atoms with Crippen LogP contribution in [0.1, 0.15) is 29.9 Å². The van der Waals surface area contributed by atoms with Crippen molar-refractivity contribution in [2.45, 2.75) is 39.2 Å². The lowest BCUT2D eigenvalue weighted by atomic mass is 10.1. The number of aryl methyl sites for hydroxylation is 3. The van der Waals surface area contributed by atoms with Crippen molar-refractivity contribution in [1.29, 1.82) is 0 Å². The molecule has 3 aromatic rings. The molecule has 1 N–H and O–H groups in total. The van der Waals surface area contributed by atoms with Gasteiger partial charge in [-0.15, -0.1) is 0 Å². The summed E-state index contributed by atoms with van der Waals surface area (Å²) in [6.45, 7) is 4.00. The Balaban J connectivity index is 1.45. The third-order valence-electron chi connectivity index (χ3n) is 4.65. The van der Waals surface area contributed by atoms with Crippen LogP contribution in [-0.2, 0) is 19.4 Å². The SMILES string of the molecule is Cc1ccc(Cl)c2ccc(NCCc3cn4c(n3)CCCC4)nc12. The zero-order chi connectivity index (χ0) is 16.5. The molecule has 0 saturated heterocycles. The molecule has 1 aliphatic heterocycles. The first-order chi connectivity index (χ1) is 11.7. The molecule has 0 unspecified atom stereocenters. The minimum atomic E-state index is 0.748. The highest BCUT2D eigenvalue weighted by molar-refractivity contribution is 6.35. The van der Waals surface area contributed by atoms with Gasteiger partial charge < -0.3 is 9.88 Å². The molecule has 0 saturated carbocycles. The molecule has 3 heterocycles. The average molecular weight is 341 g/mol. The van der Waals surface area contributed by atoms with Crippen molar-refractivity contribution in [3.63, 3.8) is 0 Å². The molecule has 5 heteroatoms. The molecule has 2 aromatic heterocycles. The van der Waals surface area contributed by atoms with Gasteiger partial charge in [0.05, 0.1) is 11.2 Å². The van der Waals surface area contributed by atoms with E-state index in [1.54, 1.807) is 0 Å². The number of anilines is 1. The van der Waals surface area contributed by atoms with Crippen molar-refractivity contribution >= 4 is 28.3 Å². The molecule has 0 spiro atoms. The van der Waals surface area contributed by atoms with Crippen LogP contribution in [-0.4, -0.2) is 21.1 Å². The van der Waals surface area contributed by atoms with Gasteiger partial charge in [-0.2, -0.15) is 0 Å². The smallest absolute Gasteiger partial charge is 0.126 e. The van der Waals surface area contributed by atoms with Crippen molar-refractivity contribution in [3.05, 3.63) is 52.6 Å². The summed E-state index contributed by atoms with van der Waals surface area (Å²) in [5.41, 5.74) is 3.27. The van der Waals surface area contributed by atoms with E-state index < -0.39 is 0 Å². The third-order valence-corrected chi connectivity index (χ3v) is 4.98. The van der Waals surface area contributed by atoms with Gasteiger partial charge in [-0.05, 0) is 43.5 Å². The van der Waals surface area contributed by atoms with Crippen molar-refractivity contribution in [3.8, 4) is 0 Å². The van der Waals surface area contributed by atoms with Gasteiger partial charge in [0.25, 0.3) is 0 Å². The number of rotatable bonds is 4. The molecule has 4 rings (SSSR count). The van der Waals surface area contributed by atoms with Gasteiger partial charge >= 0.3 is 0 Å². The van der Waals surface area contributed by atoms with Crippen LogP contribution >= 0.6 is 11.6 Å². The molecule has 124 valence electrons. The molecule has 0 atom stereocenters. The van der Waals surface area contributed by atoms with Crippen LogP contribution in [0.15, 0.2) is 30.5 Å². The van der Waals surface area contributed by atoms with Gasteiger partial charge in [-0.1, -0.05) is 17.7 Å². The summed E-state index contributed by atoms with van der Waals surface area (Å²) in [6, 6.07) is 7.97. The van der Waals surface area contributed by atoms with Crippen LogP contribution in [0, 0.1) is 6.92 Å². The highest BCUT2D eigenvalue weighted by atomic mass is 35.5. The summed E-state index contributed by atoms with van der Waals surface area (Å²) in [5.74, 6) is 2.13. The van der Waals surface area contributed by atoms with Gasteiger partial charge in [-0.25, -0.2) is 9.97 Å². The Bertz CT molecular complexity index is 861. The highest BCUT2D eigenvalue weighted by Gasteiger charge is 2.12. The Hall–Kier alpha value is -2.07. The molecule has 1 aromatic carbocycles. The summed E-state index contributed by atoms with van der Waals surface area (Å²) < 4.78 is 2.30. The van der Waals surface area contributed by atoms with Crippen molar-refractivity contribution < 1.29 is 0 Å². The van der Waals surface area contributed by atoms with E-state index in [0.717, 1.165) is 53.2 Å². The number of nitrogens with zero attached hydrogens (tertiary/aromatic N) is 3. The maximum absolute atomic E-state index is 6.24. The number of halogens is 1. The van der Waals surface area contributed by atoms with E-state index in [0.29, 0.717) is 0 Å². The lowest BCUT2D eigenvalue weighted by Gasteiger charge is -2.11. The second-order valence-corrected chi connectivity index (χ2v) is 6.84. The van der Waals surface area contributed by atoms with E-state index >= 15 is 0 Å². The Morgan fingerprint density at radius 1 is 1.17 bits per heavy atom. The summed E-state index contributed by atoms with van der Waals surface area (Å²) in [4.78, 5) is 9.45. The van der Waals surface area contributed by atoms with Crippen LogP contribution in [0.2, 0.25) is 5.02 Å². The fourth-order valence-electron chi connectivity index (χ4n) is 3.33. The van der Waals surface area contributed by atoms with Gasteiger partial charge in [0.15, 0.2) is 0 Å². The minimum absolute atomic E-state index is 0.748. The largest absolute Gasteiger partial charge is 0.370 e. The topological polar surface area (TPSA) is 42.7 Å². The molecule has 4 nitrogen and oxygen atoms in total. The molecule has 0 radical (unpaired) electrons. The molecule has 0 bridgehead atoms. The van der Waals surface area contributed by atoms with Gasteiger partial charge in [0, 0.05) is 42.5 Å². The Morgan fingerprint density at radius 3 is 2.96 bits per heavy atom. The fraction of sp³-hybridized carbons (Fsp3) is 0.368. The predicted molar refractivity (Wildman–Crippen MR) is 98.8 cm³/mol. The zero-order valence-corrected chi connectivity index (χ0v) is 14.6.